The number of aliphatic hydroxyl groups is 1. The van der Waals surface area contributed by atoms with Gasteiger partial charge in [0.25, 0.3) is 0 Å². The zero-order valence-corrected chi connectivity index (χ0v) is 5.71. The van der Waals surface area contributed by atoms with E-state index in [2.05, 4.69) is 5.32 Å². The molecule has 4 N–H and O–H groups in total. The Bertz CT molecular complexity index is 132. The van der Waals surface area contributed by atoms with Crippen molar-refractivity contribution in [1.82, 2.24) is 5.32 Å². The van der Waals surface area contributed by atoms with Crippen LogP contribution in [0.1, 0.15) is 12.8 Å². The van der Waals surface area contributed by atoms with Gasteiger partial charge in [-0.3, -0.25) is 0 Å². The molecule has 2 amide bonds. The van der Waals surface area contributed by atoms with E-state index in [1.165, 1.54) is 0 Å². The highest BCUT2D eigenvalue weighted by Crippen LogP contribution is 2.26. The monoisotopic (exact) mass is 144 g/mol. The number of rotatable bonds is 2. The summed E-state index contributed by atoms with van der Waals surface area (Å²) < 4.78 is 0. The first-order chi connectivity index (χ1) is 4.72. The first-order valence-electron chi connectivity index (χ1n) is 3.39. The van der Waals surface area contributed by atoms with Crippen LogP contribution in [-0.4, -0.2) is 23.8 Å². The molecule has 0 aromatic carbocycles. The lowest BCUT2D eigenvalue weighted by Gasteiger charge is -2.33. The molecule has 10 heavy (non-hydrogen) atoms. The van der Waals surface area contributed by atoms with Crippen molar-refractivity contribution < 1.29 is 9.90 Å². The van der Waals surface area contributed by atoms with Gasteiger partial charge < -0.3 is 16.2 Å². The summed E-state index contributed by atoms with van der Waals surface area (Å²) in [5, 5.41) is 11.2. The lowest BCUT2D eigenvalue weighted by Crippen LogP contribution is -2.47. The number of nitrogens with one attached hydrogen (secondary N) is 1. The molecule has 4 nitrogen and oxygen atoms in total. The van der Waals surface area contributed by atoms with Gasteiger partial charge in [0.2, 0.25) is 0 Å². The predicted octanol–water partition coefficient (Wildman–Crippen LogP) is -0.574. The van der Waals surface area contributed by atoms with Crippen LogP contribution in [0.2, 0.25) is 0 Å². The molecule has 0 unspecified atom stereocenters. The summed E-state index contributed by atoms with van der Waals surface area (Å²) in [6.45, 7) is 0.219. The van der Waals surface area contributed by atoms with Crippen molar-refractivity contribution in [1.29, 1.82) is 0 Å². The molecule has 1 saturated carbocycles. The molecule has 0 bridgehead atoms. The van der Waals surface area contributed by atoms with Crippen molar-refractivity contribution in [2.24, 2.45) is 11.7 Å². The molecule has 0 radical (unpaired) electrons. The molecular weight excluding hydrogens is 132 g/mol. The summed E-state index contributed by atoms with van der Waals surface area (Å²) in [6.07, 6.45) is 1.72. The van der Waals surface area contributed by atoms with E-state index in [0.717, 1.165) is 12.8 Å². The van der Waals surface area contributed by atoms with Gasteiger partial charge in [-0.05, 0) is 18.8 Å². The van der Waals surface area contributed by atoms with Crippen LogP contribution < -0.4 is 11.1 Å². The van der Waals surface area contributed by atoms with Gasteiger partial charge in [-0.1, -0.05) is 0 Å². The van der Waals surface area contributed by atoms with Crippen molar-refractivity contribution >= 4 is 6.03 Å². The van der Waals surface area contributed by atoms with Crippen LogP contribution in [0.25, 0.3) is 0 Å². The molecule has 0 spiro atoms. The van der Waals surface area contributed by atoms with Crippen LogP contribution in [0, 0.1) is 5.92 Å². The first kappa shape index (κ1) is 7.34. The molecule has 1 aliphatic carbocycles. The Labute approximate surface area is 59.4 Å². The number of carbonyl (C=O) groups is 1. The van der Waals surface area contributed by atoms with Crippen LogP contribution in [0.5, 0.6) is 0 Å². The van der Waals surface area contributed by atoms with Gasteiger partial charge in [0.1, 0.15) is 0 Å². The maximum Gasteiger partial charge on any atom is 0.312 e. The molecule has 1 rings (SSSR count). The zero-order valence-electron chi connectivity index (χ0n) is 5.71. The fraction of sp³-hybridized carbons (Fsp3) is 0.833. The number of aliphatic hydroxyl groups excluding tert-OH is 1. The Morgan fingerprint density at radius 3 is 2.70 bits per heavy atom. The van der Waals surface area contributed by atoms with Crippen molar-refractivity contribution in [3.63, 3.8) is 0 Å². The lowest BCUT2D eigenvalue weighted by atomic mass is 9.81. The smallest absolute Gasteiger partial charge is 0.312 e. The van der Waals surface area contributed by atoms with Gasteiger partial charge in [0, 0.05) is 12.6 Å². The van der Waals surface area contributed by atoms with Gasteiger partial charge in [0.05, 0.1) is 0 Å². The average Bonchev–Trinajstić information content (AvgIpc) is 1.76. The summed E-state index contributed by atoms with van der Waals surface area (Å²) in [4.78, 5) is 10.2. The van der Waals surface area contributed by atoms with Gasteiger partial charge in [-0.15, -0.1) is 0 Å². The Balaban J connectivity index is 2.08. The SMILES string of the molecule is NC(=O)NC1CC(CO)C1. The zero-order chi connectivity index (χ0) is 7.56. The van der Waals surface area contributed by atoms with Gasteiger partial charge in [0.15, 0.2) is 0 Å². The Kier molecular flexibility index (Phi) is 2.11. The summed E-state index contributed by atoms with van der Waals surface area (Å²) in [5.41, 5.74) is 4.88. The minimum Gasteiger partial charge on any atom is -0.396 e. The highest BCUT2D eigenvalue weighted by atomic mass is 16.3. The van der Waals surface area contributed by atoms with Gasteiger partial charge in [-0.25, -0.2) is 4.79 Å². The fourth-order valence-corrected chi connectivity index (χ4v) is 1.20. The molecule has 0 aromatic rings. The highest BCUT2D eigenvalue weighted by Gasteiger charge is 2.28. The predicted molar refractivity (Wildman–Crippen MR) is 36.3 cm³/mol. The number of nitrogens with two attached hydrogens (primary N) is 1. The number of hydrogen-bond donors (Lipinski definition) is 3. The Morgan fingerprint density at radius 2 is 2.30 bits per heavy atom. The largest absolute Gasteiger partial charge is 0.396 e. The third-order valence-electron chi connectivity index (χ3n) is 1.84. The average molecular weight is 144 g/mol. The number of amides is 2. The second-order valence-corrected chi connectivity index (χ2v) is 2.73. The molecule has 0 aromatic heterocycles. The molecule has 0 aliphatic heterocycles. The third-order valence-corrected chi connectivity index (χ3v) is 1.84. The van der Waals surface area contributed by atoms with E-state index in [0.29, 0.717) is 5.92 Å². The minimum absolute atomic E-state index is 0.203. The normalized spacial score (nSPS) is 30.9. The van der Waals surface area contributed by atoms with Crippen LogP contribution in [0.3, 0.4) is 0 Å². The summed E-state index contributed by atoms with van der Waals surface area (Å²) in [5.74, 6) is 0.372. The third kappa shape index (κ3) is 1.60. The van der Waals surface area contributed by atoms with Crippen molar-refractivity contribution in [3.8, 4) is 0 Å². The quantitative estimate of drug-likeness (QED) is 0.485. The molecule has 58 valence electrons. The Morgan fingerprint density at radius 1 is 1.70 bits per heavy atom. The first-order valence-corrected chi connectivity index (χ1v) is 3.39. The number of hydrogen-bond acceptors (Lipinski definition) is 2. The van der Waals surface area contributed by atoms with Crippen LogP contribution >= 0.6 is 0 Å². The summed E-state index contributed by atoms with van der Waals surface area (Å²) >= 11 is 0. The molecular formula is C6H12N2O2. The molecule has 0 saturated heterocycles. The van der Waals surface area contributed by atoms with Crippen LogP contribution in [0.4, 0.5) is 4.79 Å². The Hall–Kier alpha value is -0.770. The molecule has 1 aliphatic rings. The lowest BCUT2D eigenvalue weighted by molar-refractivity contribution is 0.130. The maximum absolute atomic E-state index is 10.2. The van der Waals surface area contributed by atoms with E-state index in [1.54, 1.807) is 0 Å². The van der Waals surface area contributed by atoms with Gasteiger partial charge >= 0.3 is 6.03 Å². The van der Waals surface area contributed by atoms with Gasteiger partial charge in [-0.2, -0.15) is 0 Å². The van der Waals surface area contributed by atoms with E-state index in [-0.39, 0.29) is 12.6 Å². The summed E-state index contributed by atoms with van der Waals surface area (Å²) in [7, 11) is 0. The van der Waals surface area contributed by atoms with E-state index < -0.39 is 6.03 Å². The highest BCUT2D eigenvalue weighted by molar-refractivity contribution is 5.72. The molecule has 0 atom stereocenters. The fourth-order valence-electron chi connectivity index (χ4n) is 1.20. The number of carbonyl (C=O) groups excluding carboxylic acids is 1. The van der Waals surface area contributed by atoms with Crippen molar-refractivity contribution in [3.05, 3.63) is 0 Å². The molecule has 4 heteroatoms. The van der Waals surface area contributed by atoms with E-state index in [9.17, 15) is 4.79 Å². The van der Waals surface area contributed by atoms with E-state index >= 15 is 0 Å². The maximum atomic E-state index is 10.2. The van der Waals surface area contributed by atoms with E-state index in [1.807, 2.05) is 0 Å². The topological polar surface area (TPSA) is 75.4 Å². The van der Waals surface area contributed by atoms with E-state index in [4.69, 9.17) is 10.8 Å². The van der Waals surface area contributed by atoms with Crippen LogP contribution in [0.15, 0.2) is 0 Å². The number of primary amides is 1. The minimum atomic E-state index is -0.471. The van der Waals surface area contributed by atoms with Crippen molar-refractivity contribution in [2.75, 3.05) is 6.61 Å². The second-order valence-electron chi connectivity index (χ2n) is 2.73. The van der Waals surface area contributed by atoms with Crippen molar-refractivity contribution in [2.45, 2.75) is 18.9 Å². The standard InChI is InChI=1S/C6H12N2O2/c7-6(10)8-5-1-4(2-5)3-9/h4-5,9H,1-3H2,(H3,7,8,10). The molecule has 1 fully saturated rings. The number of urea groups is 1. The summed E-state index contributed by atoms with van der Waals surface area (Å²) in [6, 6.07) is -0.268. The van der Waals surface area contributed by atoms with Crippen LogP contribution in [-0.2, 0) is 0 Å². The second kappa shape index (κ2) is 2.88. The molecule has 0 heterocycles.